The standard InChI is InChI=1S/C16H27NO3/c1-5-17-14(10-11-18-4)13-8-9-15(19-6-2)16(12-13)20-7-3/h8-9,12,14,17H,5-7,10-11H2,1-4H3. The van der Waals surface area contributed by atoms with E-state index in [-0.39, 0.29) is 6.04 Å². The van der Waals surface area contributed by atoms with E-state index in [1.54, 1.807) is 7.11 Å². The van der Waals surface area contributed by atoms with E-state index in [0.29, 0.717) is 13.2 Å². The molecule has 1 N–H and O–H groups in total. The average molecular weight is 281 g/mol. The molecule has 0 aromatic heterocycles. The number of hydrogen-bond donors (Lipinski definition) is 1. The Kier molecular flexibility index (Phi) is 8.07. The Morgan fingerprint density at radius 1 is 1.05 bits per heavy atom. The van der Waals surface area contributed by atoms with E-state index in [9.17, 15) is 0 Å². The number of nitrogens with one attached hydrogen (secondary N) is 1. The molecule has 0 fully saturated rings. The van der Waals surface area contributed by atoms with Crippen molar-refractivity contribution in [2.75, 3.05) is 33.5 Å². The maximum atomic E-state index is 5.68. The fraction of sp³-hybridized carbons (Fsp3) is 0.625. The van der Waals surface area contributed by atoms with Gasteiger partial charge in [-0.1, -0.05) is 13.0 Å². The zero-order valence-electron chi connectivity index (χ0n) is 13.1. The summed E-state index contributed by atoms with van der Waals surface area (Å²) in [4.78, 5) is 0. The Bertz CT molecular complexity index is 382. The predicted molar refractivity (Wildman–Crippen MR) is 81.7 cm³/mol. The molecule has 0 radical (unpaired) electrons. The lowest BCUT2D eigenvalue weighted by Gasteiger charge is -2.20. The lowest BCUT2D eigenvalue weighted by Crippen LogP contribution is -2.22. The lowest BCUT2D eigenvalue weighted by molar-refractivity contribution is 0.183. The van der Waals surface area contributed by atoms with Crippen LogP contribution in [0.25, 0.3) is 0 Å². The minimum Gasteiger partial charge on any atom is -0.490 e. The van der Waals surface area contributed by atoms with Gasteiger partial charge in [-0.3, -0.25) is 0 Å². The Morgan fingerprint density at radius 2 is 1.75 bits per heavy atom. The molecule has 0 saturated heterocycles. The van der Waals surface area contributed by atoms with Crippen molar-refractivity contribution in [1.82, 2.24) is 5.32 Å². The number of hydrogen-bond acceptors (Lipinski definition) is 4. The predicted octanol–water partition coefficient (Wildman–Crippen LogP) is 3.17. The van der Waals surface area contributed by atoms with Crippen molar-refractivity contribution in [3.8, 4) is 11.5 Å². The van der Waals surface area contributed by atoms with Gasteiger partial charge in [0.15, 0.2) is 11.5 Å². The summed E-state index contributed by atoms with van der Waals surface area (Å²) < 4.78 is 16.5. The highest BCUT2D eigenvalue weighted by Crippen LogP contribution is 2.31. The van der Waals surface area contributed by atoms with Crippen LogP contribution in [-0.2, 0) is 4.74 Å². The second kappa shape index (κ2) is 9.61. The van der Waals surface area contributed by atoms with Gasteiger partial charge in [0.05, 0.1) is 13.2 Å². The van der Waals surface area contributed by atoms with E-state index in [0.717, 1.165) is 31.1 Å². The van der Waals surface area contributed by atoms with Gasteiger partial charge in [-0.15, -0.1) is 0 Å². The van der Waals surface area contributed by atoms with Crippen LogP contribution < -0.4 is 14.8 Å². The lowest BCUT2D eigenvalue weighted by atomic mass is 10.0. The molecule has 20 heavy (non-hydrogen) atoms. The van der Waals surface area contributed by atoms with Crippen molar-refractivity contribution in [3.05, 3.63) is 23.8 Å². The molecule has 4 heteroatoms. The van der Waals surface area contributed by atoms with Crippen LogP contribution in [0.3, 0.4) is 0 Å². The van der Waals surface area contributed by atoms with Crippen LogP contribution in [0.2, 0.25) is 0 Å². The molecule has 4 nitrogen and oxygen atoms in total. The molecular formula is C16H27NO3. The van der Waals surface area contributed by atoms with Gasteiger partial charge in [0.1, 0.15) is 0 Å². The van der Waals surface area contributed by atoms with Crippen molar-refractivity contribution < 1.29 is 14.2 Å². The van der Waals surface area contributed by atoms with Gasteiger partial charge in [0.2, 0.25) is 0 Å². The summed E-state index contributed by atoms with van der Waals surface area (Å²) >= 11 is 0. The van der Waals surface area contributed by atoms with Crippen LogP contribution in [0.15, 0.2) is 18.2 Å². The third kappa shape index (κ3) is 5.02. The van der Waals surface area contributed by atoms with E-state index in [1.165, 1.54) is 5.56 Å². The van der Waals surface area contributed by atoms with E-state index in [1.807, 2.05) is 19.9 Å². The number of ether oxygens (including phenoxy) is 3. The summed E-state index contributed by atoms with van der Waals surface area (Å²) in [6, 6.07) is 6.42. The van der Waals surface area contributed by atoms with Crippen LogP contribution in [0.1, 0.15) is 38.8 Å². The molecule has 1 rings (SSSR count). The largest absolute Gasteiger partial charge is 0.490 e. The maximum Gasteiger partial charge on any atom is 0.161 e. The minimum absolute atomic E-state index is 0.273. The summed E-state index contributed by atoms with van der Waals surface area (Å²) in [7, 11) is 1.73. The molecule has 0 saturated carbocycles. The Hall–Kier alpha value is -1.26. The Balaban J connectivity index is 2.93. The average Bonchev–Trinajstić information content (AvgIpc) is 2.46. The quantitative estimate of drug-likeness (QED) is 0.715. The van der Waals surface area contributed by atoms with Crippen LogP contribution in [0.4, 0.5) is 0 Å². The third-order valence-corrected chi connectivity index (χ3v) is 3.03. The second-order valence-corrected chi connectivity index (χ2v) is 4.46. The Labute approximate surface area is 122 Å². The Morgan fingerprint density at radius 3 is 2.35 bits per heavy atom. The number of methoxy groups -OCH3 is 1. The SMILES string of the molecule is CCNC(CCOC)c1ccc(OCC)c(OCC)c1. The van der Waals surface area contributed by atoms with Gasteiger partial charge >= 0.3 is 0 Å². The molecule has 0 heterocycles. The first kappa shape index (κ1) is 16.8. The van der Waals surface area contributed by atoms with Crippen molar-refractivity contribution >= 4 is 0 Å². The summed E-state index contributed by atoms with van der Waals surface area (Å²) in [6.45, 7) is 8.99. The topological polar surface area (TPSA) is 39.7 Å². The van der Waals surface area contributed by atoms with E-state index in [4.69, 9.17) is 14.2 Å². The molecule has 1 unspecified atom stereocenters. The highest BCUT2D eigenvalue weighted by molar-refractivity contribution is 5.44. The molecule has 0 aliphatic carbocycles. The third-order valence-electron chi connectivity index (χ3n) is 3.03. The summed E-state index contributed by atoms with van der Waals surface area (Å²) in [5, 5.41) is 3.48. The summed E-state index contributed by atoms with van der Waals surface area (Å²) in [5.41, 5.74) is 1.20. The summed E-state index contributed by atoms with van der Waals surface area (Å²) in [5.74, 6) is 1.62. The smallest absolute Gasteiger partial charge is 0.161 e. The van der Waals surface area contributed by atoms with Crippen LogP contribution in [-0.4, -0.2) is 33.5 Å². The molecule has 1 aromatic rings. The van der Waals surface area contributed by atoms with Crippen molar-refractivity contribution in [1.29, 1.82) is 0 Å². The van der Waals surface area contributed by atoms with Crippen molar-refractivity contribution in [3.63, 3.8) is 0 Å². The number of benzene rings is 1. The fourth-order valence-corrected chi connectivity index (χ4v) is 2.15. The van der Waals surface area contributed by atoms with Crippen LogP contribution >= 0.6 is 0 Å². The first-order valence-electron chi connectivity index (χ1n) is 7.38. The normalized spacial score (nSPS) is 12.2. The van der Waals surface area contributed by atoms with Gasteiger partial charge in [-0.25, -0.2) is 0 Å². The molecule has 114 valence electrons. The zero-order chi connectivity index (χ0) is 14.8. The van der Waals surface area contributed by atoms with Gasteiger partial charge in [0.25, 0.3) is 0 Å². The fourth-order valence-electron chi connectivity index (χ4n) is 2.15. The van der Waals surface area contributed by atoms with E-state index < -0.39 is 0 Å². The highest BCUT2D eigenvalue weighted by Gasteiger charge is 2.13. The molecule has 0 aliphatic heterocycles. The van der Waals surface area contributed by atoms with Crippen molar-refractivity contribution in [2.24, 2.45) is 0 Å². The highest BCUT2D eigenvalue weighted by atomic mass is 16.5. The maximum absolute atomic E-state index is 5.68. The first-order valence-corrected chi connectivity index (χ1v) is 7.38. The first-order chi connectivity index (χ1) is 9.76. The van der Waals surface area contributed by atoms with Crippen LogP contribution in [0.5, 0.6) is 11.5 Å². The van der Waals surface area contributed by atoms with E-state index in [2.05, 4.69) is 24.4 Å². The zero-order valence-corrected chi connectivity index (χ0v) is 13.1. The molecule has 0 spiro atoms. The van der Waals surface area contributed by atoms with Gasteiger partial charge < -0.3 is 19.5 Å². The molecule has 1 atom stereocenters. The van der Waals surface area contributed by atoms with Gasteiger partial charge in [-0.05, 0) is 44.5 Å². The molecule has 0 amide bonds. The van der Waals surface area contributed by atoms with Gasteiger partial charge in [-0.2, -0.15) is 0 Å². The molecule has 1 aromatic carbocycles. The van der Waals surface area contributed by atoms with Crippen LogP contribution in [0, 0.1) is 0 Å². The molecule has 0 aliphatic rings. The molecule has 0 bridgehead atoms. The second-order valence-electron chi connectivity index (χ2n) is 4.46. The number of rotatable bonds is 10. The summed E-state index contributed by atoms with van der Waals surface area (Å²) in [6.07, 6.45) is 0.934. The molecular weight excluding hydrogens is 254 g/mol. The van der Waals surface area contributed by atoms with Gasteiger partial charge in [0, 0.05) is 19.8 Å². The van der Waals surface area contributed by atoms with Crippen molar-refractivity contribution in [2.45, 2.75) is 33.2 Å². The van der Waals surface area contributed by atoms with E-state index >= 15 is 0 Å². The minimum atomic E-state index is 0.273. The monoisotopic (exact) mass is 281 g/mol.